The smallest absolute Gasteiger partial charge is 0.217 e. The normalized spacial score (nSPS) is 18.2. The van der Waals surface area contributed by atoms with Crippen molar-refractivity contribution in [1.29, 1.82) is 0 Å². The first kappa shape index (κ1) is 19.7. The molecule has 2 rings (SSSR count). The van der Waals surface area contributed by atoms with Gasteiger partial charge in [-0.15, -0.1) is 24.0 Å². The Bertz CT molecular complexity index is 508. The molecule has 1 amide bonds. The van der Waals surface area contributed by atoms with Crippen LogP contribution in [0, 0.1) is 5.92 Å². The number of piperidine rings is 1. The summed E-state index contributed by atoms with van der Waals surface area (Å²) in [6, 6.07) is 5.84. The Morgan fingerprint density at radius 1 is 1.52 bits per heavy atom. The van der Waals surface area contributed by atoms with Crippen LogP contribution in [0.2, 0.25) is 0 Å². The fourth-order valence-corrected chi connectivity index (χ4v) is 2.78. The van der Waals surface area contributed by atoms with Crippen molar-refractivity contribution in [2.45, 2.75) is 32.7 Å². The lowest BCUT2D eigenvalue weighted by atomic mass is 9.95. The van der Waals surface area contributed by atoms with E-state index in [1.165, 1.54) is 0 Å². The minimum absolute atomic E-state index is 0. The van der Waals surface area contributed by atoms with Crippen molar-refractivity contribution in [2.75, 3.05) is 19.6 Å². The molecular weight excluding hydrogens is 405 g/mol. The van der Waals surface area contributed by atoms with Crippen LogP contribution in [0.3, 0.4) is 0 Å². The van der Waals surface area contributed by atoms with Crippen molar-refractivity contribution in [1.82, 2.24) is 15.2 Å². The average Bonchev–Trinajstić information content (AvgIpc) is 2.52. The van der Waals surface area contributed by atoms with Crippen LogP contribution >= 0.6 is 24.0 Å². The topological polar surface area (TPSA) is 83.6 Å². The monoisotopic (exact) mass is 431 g/mol. The lowest BCUT2D eigenvalue weighted by molar-refractivity contribution is -0.119. The first-order valence-corrected chi connectivity index (χ1v) is 7.90. The quantitative estimate of drug-likeness (QED) is 0.423. The summed E-state index contributed by atoms with van der Waals surface area (Å²) in [5, 5.41) is 3.33. The summed E-state index contributed by atoms with van der Waals surface area (Å²) >= 11 is 0. The first-order valence-electron chi connectivity index (χ1n) is 7.90. The molecule has 0 aliphatic carbocycles. The maximum absolute atomic E-state index is 11.1. The van der Waals surface area contributed by atoms with Gasteiger partial charge in [0, 0.05) is 32.3 Å². The molecule has 1 aromatic rings. The van der Waals surface area contributed by atoms with Gasteiger partial charge in [0.2, 0.25) is 5.91 Å². The third-order valence-corrected chi connectivity index (χ3v) is 3.76. The SMILES string of the molecule is CCNC(=NCc1ccccn1)N1CCCC(CC(N)=O)C1.I. The number of aromatic nitrogens is 1. The predicted molar refractivity (Wildman–Crippen MR) is 103 cm³/mol. The summed E-state index contributed by atoms with van der Waals surface area (Å²) in [7, 11) is 0. The lowest BCUT2D eigenvalue weighted by Gasteiger charge is -2.34. The van der Waals surface area contributed by atoms with E-state index in [0.717, 1.165) is 44.1 Å². The van der Waals surface area contributed by atoms with Crippen molar-refractivity contribution in [3.05, 3.63) is 30.1 Å². The molecule has 0 bridgehead atoms. The number of rotatable bonds is 5. The molecule has 7 heteroatoms. The second-order valence-corrected chi connectivity index (χ2v) is 5.62. The fourth-order valence-electron chi connectivity index (χ4n) is 2.78. The van der Waals surface area contributed by atoms with Gasteiger partial charge in [0.25, 0.3) is 0 Å². The molecule has 3 N–H and O–H groups in total. The highest BCUT2D eigenvalue weighted by Gasteiger charge is 2.23. The van der Waals surface area contributed by atoms with Gasteiger partial charge < -0.3 is 16.0 Å². The number of nitrogens with zero attached hydrogens (tertiary/aromatic N) is 3. The number of nitrogens with one attached hydrogen (secondary N) is 1. The molecule has 1 aliphatic heterocycles. The number of carbonyl (C=O) groups excluding carboxylic acids is 1. The standard InChI is InChI=1S/C16H25N5O.HI/c1-2-18-16(20-11-14-7-3-4-8-19-14)21-9-5-6-13(12-21)10-15(17)22;/h3-4,7-8,13H,2,5-6,9-12H2,1H3,(H2,17,22)(H,18,20);1H. The zero-order valence-corrected chi connectivity index (χ0v) is 15.9. The van der Waals surface area contributed by atoms with Gasteiger partial charge in [-0.3, -0.25) is 9.78 Å². The van der Waals surface area contributed by atoms with Crippen molar-refractivity contribution in [3.63, 3.8) is 0 Å². The highest BCUT2D eigenvalue weighted by Crippen LogP contribution is 2.19. The molecule has 0 aromatic carbocycles. The Hall–Kier alpha value is -1.38. The van der Waals surface area contributed by atoms with Gasteiger partial charge in [-0.25, -0.2) is 4.99 Å². The first-order chi connectivity index (χ1) is 10.7. The number of likely N-dealkylation sites (tertiary alicyclic amines) is 1. The second kappa shape index (κ2) is 10.4. The Balaban J connectivity index is 0.00000264. The van der Waals surface area contributed by atoms with E-state index in [2.05, 4.69) is 27.1 Å². The molecule has 0 spiro atoms. The van der Waals surface area contributed by atoms with Gasteiger partial charge in [-0.2, -0.15) is 0 Å². The fraction of sp³-hybridized carbons (Fsp3) is 0.562. The summed E-state index contributed by atoms with van der Waals surface area (Å²) in [6.07, 6.45) is 4.35. The Morgan fingerprint density at radius 2 is 2.35 bits per heavy atom. The number of carbonyl (C=O) groups is 1. The third-order valence-electron chi connectivity index (χ3n) is 3.76. The van der Waals surface area contributed by atoms with E-state index in [0.29, 0.717) is 18.9 Å². The third kappa shape index (κ3) is 6.72. The Kier molecular flexibility index (Phi) is 8.90. The average molecular weight is 431 g/mol. The van der Waals surface area contributed by atoms with Crippen LogP contribution in [-0.2, 0) is 11.3 Å². The van der Waals surface area contributed by atoms with Crippen LogP contribution in [0.15, 0.2) is 29.4 Å². The molecule has 23 heavy (non-hydrogen) atoms. The molecule has 1 fully saturated rings. The van der Waals surface area contributed by atoms with Crippen LogP contribution in [0.25, 0.3) is 0 Å². The molecule has 1 atom stereocenters. The van der Waals surface area contributed by atoms with Crippen LogP contribution in [0.4, 0.5) is 0 Å². The van der Waals surface area contributed by atoms with Crippen molar-refractivity contribution >= 4 is 35.8 Å². The van der Waals surface area contributed by atoms with Gasteiger partial charge in [-0.05, 0) is 37.8 Å². The summed E-state index contributed by atoms with van der Waals surface area (Å²) in [5.74, 6) is 0.995. The van der Waals surface area contributed by atoms with E-state index in [9.17, 15) is 4.79 Å². The van der Waals surface area contributed by atoms with E-state index >= 15 is 0 Å². The molecule has 128 valence electrons. The van der Waals surface area contributed by atoms with E-state index in [1.807, 2.05) is 18.2 Å². The summed E-state index contributed by atoms with van der Waals surface area (Å²) in [5.41, 5.74) is 6.27. The number of halogens is 1. The molecule has 1 aromatic heterocycles. The minimum Gasteiger partial charge on any atom is -0.370 e. The second-order valence-electron chi connectivity index (χ2n) is 5.62. The largest absolute Gasteiger partial charge is 0.370 e. The number of guanidine groups is 1. The minimum atomic E-state index is -0.220. The molecular formula is C16H26IN5O. The molecule has 0 radical (unpaired) electrons. The van der Waals surface area contributed by atoms with E-state index in [1.54, 1.807) is 6.20 Å². The number of aliphatic imine (C=N–C) groups is 1. The zero-order valence-electron chi connectivity index (χ0n) is 13.6. The van der Waals surface area contributed by atoms with Crippen molar-refractivity contribution in [2.24, 2.45) is 16.6 Å². The maximum Gasteiger partial charge on any atom is 0.217 e. The molecule has 0 saturated carbocycles. The number of hydrogen-bond acceptors (Lipinski definition) is 3. The van der Waals surface area contributed by atoms with Gasteiger partial charge in [0.1, 0.15) is 0 Å². The van der Waals surface area contributed by atoms with Crippen LogP contribution < -0.4 is 11.1 Å². The lowest BCUT2D eigenvalue weighted by Crippen LogP contribution is -2.47. The van der Waals surface area contributed by atoms with Gasteiger partial charge in [-0.1, -0.05) is 6.07 Å². The number of primary amides is 1. The van der Waals surface area contributed by atoms with Gasteiger partial charge >= 0.3 is 0 Å². The molecule has 6 nitrogen and oxygen atoms in total. The number of amides is 1. The maximum atomic E-state index is 11.1. The highest BCUT2D eigenvalue weighted by atomic mass is 127. The summed E-state index contributed by atoms with van der Waals surface area (Å²) in [6.45, 7) is 5.22. The highest BCUT2D eigenvalue weighted by molar-refractivity contribution is 14.0. The van der Waals surface area contributed by atoms with Gasteiger partial charge in [0.15, 0.2) is 5.96 Å². The van der Waals surface area contributed by atoms with Crippen LogP contribution in [0.1, 0.15) is 31.9 Å². The zero-order chi connectivity index (χ0) is 15.8. The molecule has 2 heterocycles. The number of hydrogen-bond donors (Lipinski definition) is 2. The van der Waals surface area contributed by atoms with E-state index in [4.69, 9.17) is 5.73 Å². The molecule has 1 saturated heterocycles. The molecule has 1 unspecified atom stereocenters. The van der Waals surface area contributed by atoms with Crippen molar-refractivity contribution in [3.8, 4) is 0 Å². The number of nitrogens with two attached hydrogens (primary N) is 1. The van der Waals surface area contributed by atoms with Crippen molar-refractivity contribution < 1.29 is 4.79 Å². The molecule has 1 aliphatic rings. The van der Waals surface area contributed by atoms with Crippen LogP contribution in [0.5, 0.6) is 0 Å². The van der Waals surface area contributed by atoms with Gasteiger partial charge in [0.05, 0.1) is 12.2 Å². The number of pyridine rings is 1. The Morgan fingerprint density at radius 3 is 3.00 bits per heavy atom. The van der Waals surface area contributed by atoms with E-state index < -0.39 is 0 Å². The predicted octanol–water partition coefficient (Wildman–Crippen LogP) is 1.75. The van der Waals surface area contributed by atoms with Crippen LogP contribution in [-0.4, -0.2) is 41.4 Å². The Labute approximate surface area is 155 Å². The summed E-state index contributed by atoms with van der Waals surface area (Å²) < 4.78 is 0. The van der Waals surface area contributed by atoms with E-state index in [-0.39, 0.29) is 29.9 Å². The summed E-state index contributed by atoms with van der Waals surface area (Å²) in [4.78, 5) is 22.3.